The molecule has 0 saturated carbocycles. The van der Waals surface area contributed by atoms with E-state index >= 15 is 0 Å². The first kappa shape index (κ1) is 15.0. The van der Waals surface area contributed by atoms with Gasteiger partial charge in [0.05, 0.1) is 23.8 Å². The average Bonchev–Trinajstić information content (AvgIpc) is 2.58. The monoisotopic (exact) mass is 272 g/mol. The molecule has 0 radical (unpaired) electrons. The SMILES string of the molecule is CC1(C)CC(N(CC#N)Cc2ccccc2)C(C)(C)O1. The van der Waals surface area contributed by atoms with E-state index in [0.717, 1.165) is 13.0 Å². The third-order valence-corrected chi connectivity index (χ3v) is 3.97. The number of nitrogens with zero attached hydrogens (tertiary/aromatic N) is 2. The highest BCUT2D eigenvalue weighted by molar-refractivity contribution is 5.15. The summed E-state index contributed by atoms with van der Waals surface area (Å²) in [5, 5.41) is 9.14. The van der Waals surface area contributed by atoms with E-state index < -0.39 is 0 Å². The van der Waals surface area contributed by atoms with Crippen molar-refractivity contribution in [1.29, 1.82) is 5.26 Å². The number of rotatable bonds is 4. The zero-order valence-corrected chi connectivity index (χ0v) is 12.9. The Morgan fingerprint density at radius 1 is 1.25 bits per heavy atom. The molecule has 0 N–H and O–H groups in total. The molecule has 0 aromatic heterocycles. The molecule has 1 saturated heterocycles. The maximum atomic E-state index is 9.14. The number of ether oxygens (including phenoxy) is 1. The Kier molecular flexibility index (Phi) is 4.17. The molecule has 1 fully saturated rings. The largest absolute Gasteiger partial charge is 0.368 e. The van der Waals surface area contributed by atoms with Crippen LogP contribution in [0.15, 0.2) is 30.3 Å². The predicted octanol–water partition coefficient (Wildman–Crippen LogP) is 3.36. The van der Waals surface area contributed by atoms with E-state index in [9.17, 15) is 0 Å². The average molecular weight is 272 g/mol. The van der Waals surface area contributed by atoms with Crippen molar-refractivity contribution in [1.82, 2.24) is 4.90 Å². The van der Waals surface area contributed by atoms with Crippen molar-refractivity contribution in [3.63, 3.8) is 0 Å². The minimum atomic E-state index is -0.227. The Morgan fingerprint density at radius 2 is 1.90 bits per heavy atom. The number of benzene rings is 1. The van der Waals surface area contributed by atoms with Crippen molar-refractivity contribution in [3.8, 4) is 6.07 Å². The molecule has 2 rings (SSSR count). The van der Waals surface area contributed by atoms with Gasteiger partial charge in [0.2, 0.25) is 0 Å². The zero-order valence-electron chi connectivity index (χ0n) is 12.9. The fraction of sp³-hybridized carbons (Fsp3) is 0.588. The van der Waals surface area contributed by atoms with Gasteiger partial charge in [-0.05, 0) is 39.7 Å². The highest BCUT2D eigenvalue weighted by Crippen LogP contribution is 2.40. The van der Waals surface area contributed by atoms with Crippen molar-refractivity contribution in [2.75, 3.05) is 6.54 Å². The van der Waals surface area contributed by atoms with Crippen molar-refractivity contribution in [2.24, 2.45) is 0 Å². The third-order valence-electron chi connectivity index (χ3n) is 3.97. The van der Waals surface area contributed by atoms with Crippen LogP contribution in [0.3, 0.4) is 0 Å². The minimum Gasteiger partial charge on any atom is -0.368 e. The van der Waals surface area contributed by atoms with E-state index in [4.69, 9.17) is 10.00 Å². The predicted molar refractivity (Wildman–Crippen MR) is 80.1 cm³/mol. The molecular weight excluding hydrogens is 248 g/mol. The normalized spacial score (nSPS) is 23.7. The summed E-state index contributed by atoms with van der Waals surface area (Å²) >= 11 is 0. The Bertz CT molecular complexity index is 487. The number of hydrogen-bond acceptors (Lipinski definition) is 3. The second-order valence-corrected chi connectivity index (χ2v) is 6.73. The van der Waals surface area contributed by atoms with Gasteiger partial charge in [0.1, 0.15) is 0 Å². The van der Waals surface area contributed by atoms with E-state index in [1.54, 1.807) is 0 Å². The molecule has 0 aliphatic carbocycles. The molecule has 0 spiro atoms. The van der Waals surface area contributed by atoms with Crippen LogP contribution in [0.5, 0.6) is 0 Å². The van der Waals surface area contributed by atoms with Crippen LogP contribution in [0.4, 0.5) is 0 Å². The second-order valence-electron chi connectivity index (χ2n) is 6.73. The van der Waals surface area contributed by atoms with Crippen LogP contribution in [0.25, 0.3) is 0 Å². The Labute approximate surface area is 122 Å². The summed E-state index contributed by atoms with van der Waals surface area (Å²) < 4.78 is 6.16. The first-order valence-electron chi connectivity index (χ1n) is 7.19. The molecule has 108 valence electrons. The van der Waals surface area contributed by atoms with Gasteiger partial charge in [0.15, 0.2) is 0 Å². The van der Waals surface area contributed by atoms with Crippen LogP contribution >= 0.6 is 0 Å². The van der Waals surface area contributed by atoms with Gasteiger partial charge in [-0.25, -0.2) is 0 Å². The van der Waals surface area contributed by atoms with Crippen molar-refractivity contribution < 1.29 is 4.74 Å². The first-order valence-corrected chi connectivity index (χ1v) is 7.19. The van der Waals surface area contributed by atoms with E-state index in [0.29, 0.717) is 6.54 Å². The molecule has 3 nitrogen and oxygen atoms in total. The Balaban J connectivity index is 2.19. The molecule has 3 heteroatoms. The van der Waals surface area contributed by atoms with Crippen LogP contribution < -0.4 is 0 Å². The lowest BCUT2D eigenvalue weighted by molar-refractivity contribution is -0.0802. The summed E-state index contributed by atoms with van der Waals surface area (Å²) in [7, 11) is 0. The van der Waals surface area contributed by atoms with E-state index in [1.807, 2.05) is 18.2 Å². The quantitative estimate of drug-likeness (QED) is 0.789. The summed E-state index contributed by atoms with van der Waals surface area (Å²) in [4.78, 5) is 2.24. The Morgan fingerprint density at radius 3 is 2.40 bits per heavy atom. The van der Waals surface area contributed by atoms with E-state index in [1.165, 1.54) is 5.56 Å². The maximum absolute atomic E-state index is 9.14. The molecule has 1 aromatic rings. The lowest BCUT2D eigenvalue weighted by Gasteiger charge is -2.35. The lowest BCUT2D eigenvalue weighted by atomic mass is 9.92. The molecule has 1 aromatic carbocycles. The van der Waals surface area contributed by atoms with E-state index in [-0.39, 0.29) is 17.2 Å². The fourth-order valence-corrected chi connectivity index (χ4v) is 3.29. The van der Waals surface area contributed by atoms with Gasteiger partial charge in [-0.3, -0.25) is 4.90 Å². The zero-order chi connectivity index (χ0) is 14.8. The van der Waals surface area contributed by atoms with Crippen molar-refractivity contribution >= 4 is 0 Å². The molecule has 1 aliphatic rings. The number of nitriles is 1. The summed E-state index contributed by atoms with van der Waals surface area (Å²) in [6.07, 6.45) is 0.953. The summed E-state index contributed by atoms with van der Waals surface area (Å²) in [5.41, 5.74) is 0.886. The highest BCUT2D eigenvalue weighted by Gasteiger charge is 2.48. The van der Waals surface area contributed by atoms with Gasteiger partial charge in [-0.2, -0.15) is 5.26 Å². The second kappa shape index (κ2) is 5.55. The molecule has 1 aliphatic heterocycles. The molecular formula is C17H24N2O. The lowest BCUT2D eigenvalue weighted by Crippen LogP contribution is -2.46. The van der Waals surface area contributed by atoms with Gasteiger partial charge in [-0.15, -0.1) is 0 Å². The van der Waals surface area contributed by atoms with Crippen LogP contribution in [0.2, 0.25) is 0 Å². The van der Waals surface area contributed by atoms with Gasteiger partial charge in [0, 0.05) is 12.6 Å². The minimum absolute atomic E-state index is 0.126. The molecule has 0 bridgehead atoms. The van der Waals surface area contributed by atoms with Crippen LogP contribution in [0.1, 0.15) is 39.7 Å². The van der Waals surface area contributed by atoms with Crippen molar-refractivity contribution in [3.05, 3.63) is 35.9 Å². The summed E-state index contributed by atoms with van der Waals surface area (Å²) in [5.74, 6) is 0. The number of hydrogen-bond donors (Lipinski definition) is 0. The summed E-state index contributed by atoms with van der Waals surface area (Å²) in [6, 6.07) is 12.9. The summed E-state index contributed by atoms with van der Waals surface area (Å²) in [6.45, 7) is 9.73. The molecule has 20 heavy (non-hydrogen) atoms. The van der Waals surface area contributed by atoms with Crippen LogP contribution in [-0.4, -0.2) is 28.7 Å². The first-order chi connectivity index (χ1) is 9.34. The molecule has 0 amide bonds. The molecule has 1 unspecified atom stereocenters. The third kappa shape index (κ3) is 3.39. The Hall–Kier alpha value is -1.37. The van der Waals surface area contributed by atoms with Gasteiger partial charge in [0.25, 0.3) is 0 Å². The van der Waals surface area contributed by atoms with Crippen LogP contribution in [0, 0.1) is 11.3 Å². The van der Waals surface area contributed by atoms with Crippen LogP contribution in [-0.2, 0) is 11.3 Å². The molecule has 1 atom stereocenters. The van der Waals surface area contributed by atoms with E-state index in [2.05, 4.69) is 50.8 Å². The standard InChI is InChI=1S/C17H24N2O/c1-16(2)12-15(17(3,4)20-16)19(11-10-18)13-14-8-6-5-7-9-14/h5-9,15H,11-13H2,1-4H3. The molecule has 1 heterocycles. The highest BCUT2D eigenvalue weighted by atomic mass is 16.5. The topological polar surface area (TPSA) is 36.3 Å². The maximum Gasteiger partial charge on any atom is 0.0872 e. The van der Waals surface area contributed by atoms with Crippen molar-refractivity contribution in [2.45, 2.75) is 57.9 Å². The van der Waals surface area contributed by atoms with Gasteiger partial charge < -0.3 is 4.74 Å². The van der Waals surface area contributed by atoms with Gasteiger partial charge >= 0.3 is 0 Å². The fourth-order valence-electron chi connectivity index (χ4n) is 3.29. The smallest absolute Gasteiger partial charge is 0.0872 e. The van der Waals surface area contributed by atoms with Gasteiger partial charge in [-0.1, -0.05) is 30.3 Å².